The number of thiophene rings is 1. The first-order valence-corrected chi connectivity index (χ1v) is 12.9. The van der Waals surface area contributed by atoms with E-state index in [0.29, 0.717) is 28.3 Å². The Labute approximate surface area is 209 Å². The monoisotopic (exact) mass is 495 g/mol. The predicted octanol–water partition coefficient (Wildman–Crippen LogP) is 2.24. The van der Waals surface area contributed by atoms with Gasteiger partial charge in [0.15, 0.2) is 0 Å². The average molecular weight is 496 g/mol. The smallest absolute Gasteiger partial charge is 0.263 e. The number of hydrogen-bond donors (Lipinski definition) is 3. The molecule has 5 rings (SSSR count). The van der Waals surface area contributed by atoms with Crippen LogP contribution in [0.1, 0.15) is 38.9 Å². The van der Waals surface area contributed by atoms with Crippen molar-refractivity contribution in [2.45, 2.75) is 45.2 Å². The molecule has 3 unspecified atom stereocenters. The molecule has 1 amide bonds. The van der Waals surface area contributed by atoms with Crippen LogP contribution < -0.4 is 21.3 Å². The Morgan fingerprint density at radius 1 is 1.26 bits per heavy atom. The number of likely N-dealkylation sites (N-methyl/N-ethyl adjacent to an activating group) is 1. The first kappa shape index (κ1) is 23.9. The number of carbonyl (C=O) groups excluding carboxylic acids is 1. The van der Waals surface area contributed by atoms with Crippen LogP contribution in [0.15, 0.2) is 12.1 Å². The highest BCUT2D eigenvalue weighted by Crippen LogP contribution is 2.34. The van der Waals surface area contributed by atoms with Gasteiger partial charge in [-0.15, -0.1) is 11.3 Å². The molecular formula is C25H33N7O2S. The zero-order valence-electron chi connectivity index (χ0n) is 20.7. The average Bonchev–Trinajstić information content (AvgIpc) is 3.39. The van der Waals surface area contributed by atoms with Gasteiger partial charge in [0.25, 0.3) is 5.91 Å². The van der Waals surface area contributed by atoms with Crippen molar-refractivity contribution in [1.29, 1.82) is 0 Å². The number of fused-ring (bicyclic) bond motifs is 2. The van der Waals surface area contributed by atoms with Crippen molar-refractivity contribution >= 4 is 39.0 Å². The molecular weight excluding hydrogens is 462 g/mol. The van der Waals surface area contributed by atoms with E-state index in [1.54, 1.807) is 7.11 Å². The summed E-state index contributed by atoms with van der Waals surface area (Å²) in [5.74, 6) is 2.01. The molecule has 1 aliphatic heterocycles. The van der Waals surface area contributed by atoms with Crippen LogP contribution in [-0.4, -0.2) is 66.8 Å². The van der Waals surface area contributed by atoms with E-state index in [1.165, 1.54) is 16.9 Å². The Hall–Kier alpha value is -2.82. The van der Waals surface area contributed by atoms with E-state index < -0.39 is 0 Å². The van der Waals surface area contributed by atoms with Crippen molar-refractivity contribution in [2.24, 2.45) is 5.92 Å². The summed E-state index contributed by atoms with van der Waals surface area (Å²) < 4.78 is 5.41. The number of nitrogens with one attached hydrogen (secondary N) is 2. The fourth-order valence-electron chi connectivity index (χ4n) is 5.42. The molecule has 1 fully saturated rings. The first-order valence-electron chi connectivity index (χ1n) is 12.1. The molecule has 3 aromatic rings. The lowest BCUT2D eigenvalue weighted by molar-refractivity contribution is 0.0938. The second-order valence-corrected chi connectivity index (χ2v) is 10.6. The minimum absolute atomic E-state index is 0.0488. The molecule has 4 N–H and O–H groups in total. The summed E-state index contributed by atoms with van der Waals surface area (Å²) in [7, 11) is 3.76. The molecule has 2 aliphatic rings. The maximum atomic E-state index is 13.1. The van der Waals surface area contributed by atoms with Gasteiger partial charge in [-0.05, 0) is 51.8 Å². The number of nitrogen functional groups attached to an aromatic ring is 1. The summed E-state index contributed by atoms with van der Waals surface area (Å²) in [5, 5.41) is 7.39. The van der Waals surface area contributed by atoms with Crippen LogP contribution in [-0.2, 0) is 17.6 Å². The molecule has 186 valence electrons. The number of ether oxygens (including phenoxy) is 1. The van der Waals surface area contributed by atoms with Crippen LogP contribution in [0.3, 0.4) is 0 Å². The van der Waals surface area contributed by atoms with Gasteiger partial charge in [-0.3, -0.25) is 4.79 Å². The second kappa shape index (κ2) is 9.67. The molecule has 0 radical (unpaired) electrons. The van der Waals surface area contributed by atoms with Crippen molar-refractivity contribution in [3.05, 3.63) is 39.8 Å². The number of aromatic nitrogens is 3. The fraction of sp³-hybridized carbons (Fsp3) is 0.520. The van der Waals surface area contributed by atoms with E-state index in [1.807, 2.05) is 20.9 Å². The largest absolute Gasteiger partial charge is 0.397 e. The Bertz CT molecular complexity index is 1260. The van der Waals surface area contributed by atoms with Crippen molar-refractivity contribution in [2.75, 3.05) is 44.5 Å². The lowest BCUT2D eigenvalue weighted by Gasteiger charge is -2.26. The number of methoxy groups -OCH3 is 1. The highest BCUT2D eigenvalue weighted by Gasteiger charge is 2.33. The van der Waals surface area contributed by atoms with Crippen molar-refractivity contribution < 1.29 is 9.53 Å². The maximum absolute atomic E-state index is 13.1. The Morgan fingerprint density at radius 3 is 2.86 bits per heavy atom. The molecule has 3 atom stereocenters. The second-order valence-electron chi connectivity index (χ2n) is 9.59. The topological polar surface area (TPSA) is 118 Å². The summed E-state index contributed by atoms with van der Waals surface area (Å²) in [4.78, 5) is 30.6. The fourth-order valence-corrected chi connectivity index (χ4v) is 6.51. The van der Waals surface area contributed by atoms with E-state index >= 15 is 0 Å². The standard InChI is InChI=1S/C25H33N7O2S/c1-13-21-22(26)23(35-25(21)29-14(2)28-13)24(33)30-17-6-7-18-15(9-17)5-8-20(31-18)32-10-16(12-34-4)19(11-32)27-3/h5,8,16-17,19,27H,6-7,9-12,26H2,1-4H3,(H,30,33). The van der Waals surface area contributed by atoms with Crippen LogP contribution >= 0.6 is 11.3 Å². The quantitative estimate of drug-likeness (QED) is 0.477. The van der Waals surface area contributed by atoms with Gasteiger partial charge in [-0.2, -0.15) is 0 Å². The van der Waals surface area contributed by atoms with Crippen LogP contribution in [0.2, 0.25) is 0 Å². The van der Waals surface area contributed by atoms with E-state index in [9.17, 15) is 4.79 Å². The van der Waals surface area contributed by atoms with E-state index in [2.05, 4.69) is 37.6 Å². The molecule has 9 nitrogen and oxygen atoms in total. The van der Waals surface area contributed by atoms with Gasteiger partial charge in [-0.1, -0.05) is 6.07 Å². The van der Waals surface area contributed by atoms with E-state index in [4.69, 9.17) is 15.5 Å². The van der Waals surface area contributed by atoms with Gasteiger partial charge >= 0.3 is 0 Å². The molecule has 0 spiro atoms. The summed E-state index contributed by atoms with van der Waals surface area (Å²) in [6, 6.07) is 4.72. The molecule has 1 saturated heterocycles. The highest BCUT2D eigenvalue weighted by molar-refractivity contribution is 7.21. The SMILES string of the molecule is CNC1CN(c2ccc3c(n2)CCC(NC(=O)c2sc4nc(C)nc(C)c4c2N)C3)CC1COC. The van der Waals surface area contributed by atoms with E-state index in [-0.39, 0.29) is 11.9 Å². The zero-order chi connectivity index (χ0) is 24.7. The lowest BCUT2D eigenvalue weighted by atomic mass is 9.91. The minimum atomic E-state index is -0.139. The number of rotatable bonds is 6. The Kier molecular flexibility index (Phi) is 6.61. The summed E-state index contributed by atoms with van der Waals surface area (Å²) in [6.45, 7) is 6.35. The third kappa shape index (κ3) is 4.57. The third-order valence-electron chi connectivity index (χ3n) is 7.19. The number of amides is 1. The molecule has 10 heteroatoms. The highest BCUT2D eigenvalue weighted by atomic mass is 32.1. The Balaban J connectivity index is 1.27. The molecule has 35 heavy (non-hydrogen) atoms. The summed E-state index contributed by atoms with van der Waals surface area (Å²) in [6.07, 6.45) is 2.45. The summed E-state index contributed by atoms with van der Waals surface area (Å²) in [5.41, 5.74) is 9.95. The number of carbonyl (C=O) groups is 1. The number of nitrogens with zero attached hydrogens (tertiary/aromatic N) is 4. The van der Waals surface area contributed by atoms with Gasteiger partial charge in [0.2, 0.25) is 0 Å². The van der Waals surface area contributed by atoms with Crippen molar-refractivity contribution in [3.8, 4) is 0 Å². The number of anilines is 2. The number of nitrogens with two attached hydrogens (primary N) is 1. The van der Waals surface area contributed by atoms with Crippen molar-refractivity contribution in [1.82, 2.24) is 25.6 Å². The summed E-state index contributed by atoms with van der Waals surface area (Å²) >= 11 is 1.34. The molecule has 0 bridgehead atoms. The van der Waals surface area contributed by atoms with Crippen LogP contribution in [0.25, 0.3) is 10.2 Å². The predicted molar refractivity (Wildman–Crippen MR) is 139 cm³/mol. The van der Waals surface area contributed by atoms with Gasteiger partial charge in [0.1, 0.15) is 21.3 Å². The minimum Gasteiger partial charge on any atom is -0.397 e. The first-order chi connectivity index (χ1) is 16.9. The van der Waals surface area contributed by atoms with Crippen LogP contribution in [0.4, 0.5) is 11.5 Å². The van der Waals surface area contributed by atoms with Gasteiger partial charge in [-0.25, -0.2) is 15.0 Å². The third-order valence-corrected chi connectivity index (χ3v) is 8.29. The van der Waals surface area contributed by atoms with Gasteiger partial charge < -0.3 is 26.0 Å². The zero-order valence-corrected chi connectivity index (χ0v) is 21.5. The molecule has 4 heterocycles. The molecule has 3 aromatic heterocycles. The van der Waals surface area contributed by atoms with E-state index in [0.717, 1.165) is 66.4 Å². The molecule has 0 saturated carbocycles. The number of pyridine rings is 1. The van der Waals surface area contributed by atoms with Crippen molar-refractivity contribution in [3.63, 3.8) is 0 Å². The number of aryl methyl sites for hydroxylation is 3. The Morgan fingerprint density at radius 2 is 2.09 bits per heavy atom. The van der Waals surface area contributed by atoms with Crippen LogP contribution in [0.5, 0.6) is 0 Å². The molecule has 0 aromatic carbocycles. The van der Waals surface area contributed by atoms with Crippen LogP contribution in [0, 0.1) is 19.8 Å². The van der Waals surface area contributed by atoms with Gasteiger partial charge in [0, 0.05) is 43.9 Å². The molecule has 1 aliphatic carbocycles. The lowest BCUT2D eigenvalue weighted by Crippen LogP contribution is -2.39. The normalized spacial score (nSPS) is 21.9. The maximum Gasteiger partial charge on any atom is 0.263 e. The van der Waals surface area contributed by atoms with Gasteiger partial charge in [0.05, 0.1) is 23.4 Å². The number of hydrogen-bond acceptors (Lipinski definition) is 9.